The Bertz CT molecular complexity index is 395. The van der Waals surface area contributed by atoms with Gasteiger partial charge < -0.3 is 5.11 Å². The summed E-state index contributed by atoms with van der Waals surface area (Å²) in [7, 11) is -3.44. The average molecular weight is 205 g/mol. The lowest BCUT2D eigenvalue weighted by atomic mass is 10.3. The minimum Gasteiger partial charge on any atom is -0.508 e. The van der Waals surface area contributed by atoms with Crippen LogP contribution >= 0.6 is 0 Å². The molecule has 0 saturated carbocycles. The topological polar surface area (TPSA) is 66.4 Å². The van der Waals surface area contributed by atoms with E-state index < -0.39 is 15.8 Å². The van der Waals surface area contributed by atoms with E-state index in [1.54, 1.807) is 0 Å². The van der Waals surface area contributed by atoms with Gasteiger partial charge in [0.1, 0.15) is 11.6 Å². The van der Waals surface area contributed by atoms with Gasteiger partial charge >= 0.3 is 0 Å². The van der Waals surface area contributed by atoms with Gasteiger partial charge in [-0.15, -0.1) is 0 Å². The van der Waals surface area contributed by atoms with Crippen molar-refractivity contribution in [1.82, 2.24) is 0 Å². The van der Waals surface area contributed by atoms with Gasteiger partial charge in [0, 0.05) is 12.1 Å². The molecule has 6 heteroatoms. The van der Waals surface area contributed by atoms with Crippen LogP contribution in [0.25, 0.3) is 0 Å². The third-order valence-electron chi connectivity index (χ3n) is 1.19. The molecule has 1 rings (SSSR count). The highest BCUT2D eigenvalue weighted by molar-refractivity contribution is 7.92. The number of hydrogen-bond acceptors (Lipinski definition) is 3. The Morgan fingerprint density at radius 2 is 2.00 bits per heavy atom. The molecule has 0 unspecified atom stereocenters. The highest BCUT2D eigenvalue weighted by Crippen LogP contribution is 2.19. The maximum absolute atomic E-state index is 12.6. The Hall–Kier alpha value is -1.30. The molecule has 1 aromatic carbocycles. The van der Waals surface area contributed by atoms with Gasteiger partial charge in [-0.25, -0.2) is 12.8 Å². The molecule has 0 atom stereocenters. The van der Waals surface area contributed by atoms with E-state index in [4.69, 9.17) is 5.11 Å². The van der Waals surface area contributed by atoms with Crippen molar-refractivity contribution in [1.29, 1.82) is 0 Å². The fourth-order valence-electron chi connectivity index (χ4n) is 0.847. The first-order valence-corrected chi connectivity index (χ1v) is 5.23. The number of aromatic hydroxyl groups is 1. The van der Waals surface area contributed by atoms with E-state index in [0.717, 1.165) is 24.5 Å². The van der Waals surface area contributed by atoms with Crippen molar-refractivity contribution in [3.8, 4) is 5.75 Å². The van der Waals surface area contributed by atoms with Crippen molar-refractivity contribution in [2.75, 3.05) is 11.0 Å². The lowest BCUT2D eigenvalue weighted by Gasteiger charge is -2.03. The summed E-state index contributed by atoms with van der Waals surface area (Å²) in [5.74, 6) is -1.03. The predicted molar refractivity (Wildman–Crippen MR) is 46.5 cm³/mol. The molecule has 0 heterocycles. The Morgan fingerprint density at radius 1 is 1.38 bits per heavy atom. The Kier molecular flexibility index (Phi) is 2.42. The molecule has 0 saturated heterocycles. The second-order valence-corrected chi connectivity index (χ2v) is 4.32. The molecule has 0 aliphatic rings. The highest BCUT2D eigenvalue weighted by atomic mass is 32.2. The summed E-state index contributed by atoms with van der Waals surface area (Å²) in [6, 6.07) is 2.97. The number of sulfonamides is 1. The maximum atomic E-state index is 12.6. The first-order valence-electron chi connectivity index (χ1n) is 3.34. The smallest absolute Gasteiger partial charge is 0.229 e. The maximum Gasteiger partial charge on any atom is 0.229 e. The normalized spacial score (nSPS) is 11.2. The standard InChI is InChI=1S/C7H8FNO3S/c1-13(11,12)9-6-2-5(8)3-7(10)4-6/h2-4,9-10H,1H3. The molecular formula is C7H8FNO3S. The molecule has 0 aromatic heterocycles. The summed E-state index contributed by atoms with van der Waals surface area (Å²) in [6.45, 7) is 0. The lowest BCUT2D eigenvalue weighted by Crippen LogP contribution is -2.09. The van der Waals surface area contributed by atoms with Gasteiger partial charge in [0.15, 0.2) is 0 Å². The van der Waals surface area contributed by atoms with Crippen LogP contribution in [0.3, 0.4) is 0 Å². The average Bonchev–Trinajstić information content (AvgIpc) is 1.78. The van der Waals surface area contributed by atoms with E-state index in [0.29, 0.717) is 0 Å². The van der Waals surface area contributed by atoms with E-state index in [1.165, 1.54) is 0 Å². The zero-order chi connectivity index (χ0) is 10.1. The van der Waals surface area contributed by atoms with Crippen LogP contribution in [0.5, 0.6) is 5.75 Å². The highest BCUT2D eigenvalue weighted by Gasteiger charge is 2.04. The minimum atomic E-state index is -3.44. The van der Waals surface area contributed by atoms with Crippen LogP contribution in [0.2, 0.25) is 0 Å². The molecule has 0 fully saturated rings. The Labute approximate surface area is 75.1 Å². The van der Waals surface area contributed by atoms with Gasteiger partial charge in [-0.2, -0.15) is 0 Å². The molecule has 0 radical (unpaired) electrons. The van der Waals surface area contributed by atoms with Gasteiger partial charge in [-0.3, -0.25) is 4.72 Å². The number of benzene rings is 1. The SMILES string of the molecule is CS(=O)(=O)Nc1cc(O)cc(F)c1. The molecule has 1 aromatic rings. The van der Waals surface area contributed by atoms with Crippen LogP contribution in [0.1, 0.15) is 0 Å². The van der Waals surface area contributed by atoms with Crippen molar-refractivity contribution in [2.45, 2.75) is 0 Å². The number of rotatable bonds is 2. The zero-order valence-electron chi connectivity index (χ0n) is 6.78. The molecule has 2 N–H and O–H groups in total. The number of hydrogen-bond donors (Lipinski definition) is 2. The quantitative estimate of drug-likeness (QED) is 0.753. The summed E-state index contributed by atoms with van der Waals surface area (Å²) in [5, 5.41) is 8.92. The van der Waals surface area contributed by atoms with Gasteiger partial charge in [0.2, 0.25) is 10.0 Å². The van der Waals surface area contributed by atoms with Crippen LogP contribution < -0.4 is 4.72 Å². The van der Waals surface area contributed by atoms with E-state index >= 15 is 0 Å². The zero-order valence-corrected chi connectivity index (χ0v) is 7.60. The van der Waals surface area contributed by atoms with Crippen molar-refractivity contribution < 1.29 is 17.9 Å². The summed E-state index contributed by atoms with van der Waals surface area (Å²) in [5.41, 5.74) is 0.000000000000000444. The van der Waals surface area contributed by atoms with Gasteiger partial charge in [0.25, 0.3) is 0 Å². The summed E-state index contributed by atoms with van der Waals surface area (Å²) in [6.07, 6.45) is 0.939. The van der Waals surface area contributed by atoms with E-state index in [1.807, 2.05) is 4.72 Å². The molecule has 72 valence electrons. The van der Waals surface area contributed by atoms with Crippen LogP contribution in [-0.4, -0.2) is 19.8 Å². The number of phenolic OH excluding ortho intramolecular Hbond substituents is 1. The second kappa shape index (κ2) is 3.21. The number of halogens is 1. The second-order valence-electron chi connectivity index (χ2n) is 2.57. The van der Waals surface area contributed by atoms with Crippen LogP contribution in [0.15, 0.2) is 18.2 Å². The molecular weight excluding hydrogens is 197 g/mol. The van der Waals surface area contributed by atoms with Crippen molar-refractivity contribution in [2.24, 2.45) is 0 Å². The summed E-state index contributed by atoms with van der Waals surface area (Å²) >= 11 is 0. The number of anilines is 1. The molecule has 13 heavy (non-hydrogen) atoms. The van der Waals surface area contributed by atoms with Crippen molar-refractivity contribution in [3.05, 3.63) is 24.0 Å². The van der Waals surface area contributed by atoms with E-state index in [9.17, 15) is 12.8 Å². The van der Waals surface area contributed by atoms with E-state index in [2.05, 4.69) is 0 Å². The van der Waals surface area contributed by atoms with Crippen LogP contribution in [0.4, 0.5) is 10.1 Å². The fourth-order valence-corrected chi connectivity index (χ4v) is 1.39. The van der Waals surface area contributed by atoms with E-state index in [-0.39, 0.29) is 11.4 Å². The minimum absolute atomic E-state index is 0.000000000000000444. The van der Waals surface area contributed by atoms with Crippen molar-refractivity contribution >= 4 is 15.7 Å². The predicted octanol–water partition coefficient (Wildman–Crippen LogP) is 0.903. The van der Waals surface area contributed by atoms with Gasteiger partial charge in [0.05, 0.1) is 11.9 Å². The van der Waals surface area contributed by atoms with Gasteiger partial charge in [-0.05, 0) is 6.07 Å². The van der Waals surface area contributed by atoms with Gasteiger partial charge in [-0.1, -0.05) is 0 Å². The molecule has 0 aliphatic heterocycles. The largest absolute Gasteiger partial charge is 0.508 e. The molecule has 0 aliphatic carbocycles. The Morgan fingerprint density at radius 3 is 2.46 bits per heavy atom. The number of nitrogens with one attached hydrogen (secondary N) is 1. The van der Waals surface area contributed by atoms with Crippen molar-refractivity contribution in [3.63, 3.8) is 0 Å². The summed E-state index contributed by atoms with van der Waals surface area (Å²) in [4.78, 5) is 0. The molecule has 0 spiro atoms. The first-order chi connectivity index (χ1) is 5.87. The Balaban J connectivity index is 3.03. The van der Waals surface area contributed by atoms with Crippen LogP contribution in [0, 0.1) is 5.82 Å². The first kappa shape index (κ1) is 9.79. The fraction of sp³-hybridized carbons (Fsp3) is 0.143. The number of phenols is 1. The third-order valence-corrected chi connectivity index (χ3v) is 1.79. The van der Waals surface area contributed by atoms with Crippen LogP contribution in [-0.2, 0) is 10.0 Å². The molecule has 4 nitrogen and oxygen atoms in total. The lowest BCUT2D eigenvalue weighted by molar-refractivity contribution is 0.469. The third kappa shape index (κ3) is 3.29. The summed E-state index contributed by atoms with van der Waals surface area (Å²) < 4.78 is 36.1. The molecule has 0 bridgehead atoms. The monoisotopic (exact) mass is 205 g/mol. The molecule has 0 amide bonds.